The van der Waals surface area contributed by atoms with Gasteiger partial charge in [0.1, 0.15) is 0 Å². The molecule has 2 atom stereocenters. The van der Waals surface area contributed by atoms with Crippen LogP contribution in [-0.4, -0.2) is 0 Å². The maximum Gasteiger partial charge on any atom is 0.260 e. The Bertz CT molecular complexity index is 375. The van der Waals surface area contributed by atoms with Crippen molar-refractivity contribution in [2.24, 2.45) is 5.92 Å². The highest BCUT2D eigenvalue weighted by atomic mass is 14.9. The molecule has 66 valence electrons. The number of hydrogen-bond acceptors (Lipinski definition) is 0. The van der Waals surface area contributed by atoms with Gasteiger partial charge in [0.25, 0.3) is 5.54 Å². The minimum atomic E-state index is -0.175. The molecule has 0 bridgehead atoms. The van der Waals surface area contributed by atoms with Crippen molar-refractivity contribution in [1.29, 1.82) is 0 Å². The number of rotatable bonds is 1. The standard InChI is InChI=1S/C12H13N/c1-9-5-4-6-11(7-9)12(13-3)8-10(12)2/h4-7,10H,8H2,1-2H3. The molecule has 1 saturated carbocycles. The van der Waals surface area contributed by atoms with E-state index in [2.05, 4.69) is 36.9 Å². The minimum absolute atomic E-state index is 0.175. The third-order valence-electron chi connectivity index (χ3n) is 2.99. The van der Waals surface area contributed by atoms with E-state index in [1.165, 1.54) is 11.1 Å². The molecule has 13 heavy (non-hydrogen) atoms. The number of nitrogens with zero attached hydrogens (tertiary/aromatic N) is 1. The van der Waals surface area contributed by atoms with Gasteiger partial charge < -0.3 is 4.85 Å². The van der Waals surface area contributed by atoms with Crippen molar-refractivity contribution in [3.63, 3.8) is 0 Å². The van der Waals surface area contributed by atoms with Gasteiger partial charge in [-0.05, 0) is 13.0 Å². The van der Waals surface area contributed by atoms with E-state index in [0.717, 1.165) is 6.42 Å². The van der Waals surface area contributed by atoms with Gasteiger partial charge in [-0.25, -0.2) is 6.57 Å². The summed E-state index contributed by atoms with van der Waals surface area (Å²) < 4.78 is 0. The first-order valence-electron chi connectivity index (χ1n) is 4.65. The van der Waals surface area contributed by atoms with E-state index in [-0.39, 0.29) is 5.54 Å². The van der Waals surface area contributed by atoms with Crippen LogP contribution in [0.3, 0.4) is 0 Å². The molecule has 0 spiro atoms. The van der Waals surface area contributed by atoms with Gasteiger partial charge in [-0.3, -0.25) is 0 Å². The highest BCUT2D eigenvalue weighted by Crippen LogP contribution is 2.55. The molecule has 0 heterocycles. The maximum absolute atomic E-state index is 7.23. The molecule has 2 unspecified atom stereocenters. The van der Waals surface area contributed by atoms with Gasteiger partial charge in [0.05, 0.1) is 0 Å². The number of benzene rings is 1. The van der Waals surface area contributed by atoms with E-state index in [1.807, 2.05) is 6.07 Å². The normalized spacial score (nSPS) is 31.0. The summed E-state index contributed by atoms with van der Waals surface area (Å²) in [6.45, 7) is 11.5. The summed E-state index contributed by atoms with van der Waals surface area (Å²) >= 11 is 0. The Hall–Kier alpha value is -1.29. The zero-order valence-electron chi connectivity index (χ0n) is 8.04. The Morgan fingerprint density at radius 1 is 1.54 bits per heavy atom. The van der Waals surface area contributed by atoms with Gasteiger partial charge in [-0.2, -0.15) is 0 Å². The predicted octanol–water partition coefficient (Wildman–Crippen LogP) is 3.15. The lowest BCUT2D eigenvalue weighted by molar-refractivity contribution is 0.772. The van der Waals surface area contributed by atoms with Gasteiger partial charge in [-0.1, -0.05) is 30.7 Å². The van der Waals surface area contributed by atoms with Gasteiger partial charge in [-0.15, -0.1) is 0 Å². The molecular weight excluding hydrogens is 158 g/mol. The molecule has 1 nitrogen and oxygen atoms in total. The van der Waals surface area contributed by atoms with E-state index in [1.54, 1.807) is 0 Å². The van der Waals surface area contributed by atoms with E-state index in [0.29, 0.717) is 5.92 Å². The van der Waals surface area contributed by atoms with Crippen LogP contribution in [0.15, 0.2) is 24.3 Å². The Morgan fingerprint density at radius 3 is 2.69 bits per heavy atom. The lowest BCUT2D eigenvalue weighted by atomic mass is 10.0. The highest BCUT2D eigenvalue weighted by Gasteiger charge is 2.60. The van der Waals surface area contributed by atoms with Gasteiger partial charge in [0.15, 0.2) is 0 Å². The molecule has 1 heteroatoms. The van der Waals surface area contributed by atoms with Crippen molar-refractivity contribution in [3.05, 3.63) is 46.8 Å². The minimum Gasteiger partial charge on any atom is -0.305 e. The highest BCUT2D eigenvalue weighted by molar-refractivity contribution is 5.38. The van der Waals surface area contributed by atoms with Crippen LogP contribution in [0.1, 0.15) is 24.5 Å². The average molecular weight is 171 g/mol. The Labute approximate surface area is 79.2 Å². The fourth-order valence-electron chi connectivity index (χ4n) is 1.94. The largest absolute Gasteiger partial charge is 0.305 e. The molecule has 0 aliphatic heterocycles. The molecule has 0 saturated heterocycles. The molecule has 1 aliphatic rings. The maximum atomic E-state index is 7.23. The quantitative estimate of drug-likeness (QED) is 0.572. The summed E-state index contributed by atoms with van der Waals surface area (Å²) in [5, 5.41) is 0. The molecule has 0 radical (unpaired) electrons. The van der Waals surface area contributed by atoms with Crippen LogP contribution >= 0.6 is 0 Å². The fraction of sp³-hybridized carbons (Fsp3) is 0.417. The van der Waals surface area contributed by atoms with Crippen molar-refractivity contribution in [2.75, 3.05) is 0 Å². The van der Waals surface area contributed by atoms with Crippen molar-refractivity contribution < 1.29 is 0 Å². The molecule has 2 rings (SSSR count). The first-order valence-corrected chi connectivity index (χ1v) is 4.65. The number of hydrogen-bond donors (Lipinski definition) is 0. The fourth-order valence-corrected chi connectivity index (χ4v) is 1.94. The Balaban J connectivity index is 2.42. The molecule has 1 fully saturated rings. The first kappa shape index (κ1) is 8.31. The van der Waals surface area contributed by atoms with Crippen molar-refractivity contribution >= 4 is 0 Å². The predicted molar refractivity (Wildman–Crippen MR) is 53.2 cm³/mol. The second kappa shape index (κ2) is 2.60. The van der Waals surface area contributed by atoms with Crippen LogP contribution in [0.5, 0.6) is 0 Å². The SMILES string of the molecule is [C-]#[N+]C1(c2cccc(C)c2)CC1C. The average Bonchev–Trinajstić information content (AvgIpc) is 2.78. The lowest BCUT2D eigenvalue weighted by Gasteiger charge is -2.04. The Kier molecular flexibility index (Phi) is 1.66. The van der Waals surface area contributed by atoms with Crippen molar-refractivity contribution in [2.45, 2.75) is 25.8 Å². The van der Waals surface area contributed by atoms with Gasteiger partial charge in [0, 0.05) is 17.9 Å². The molecule has 1 aliphatic carbocycles. The molecule has 1 aromatic carbocycles. The summed E-state index contributed by atoms with van der Waals surface area (Å²) in [6, 6.07) is 8.34. The third-order valence-corrected chi connectivity index (χ3v) is 2.99. The lowest BCUT2D eigenvalue weighted by Crippen LogP contribution is -2.02. The van der Waals surface area contributed by atoms with Gasteiger partial charge in [0.2, 0.25) is 0 Å². The van der Waals surface area contributed by atoms with Crippen LogP contribution in [0.25, 0.3) is 4.85 Å². The van der Waals surface area contributed by atoms with Crippen molar-refractivity contribution in [3.8, 4) is 0 Å². The van der Waals surface area contributed by atoms with Crippen LogP contribution in [0.4, 0.5) is 0 Å². The third kappa shape index (κ3) is 1.14. The topological polar surface area (TPSA) is 4.36 Å². The van der Waals surface area contributed by atoms with E-state index < -0.39 is 0 Å². The molecule has 1 aromatic rings. The van der Waals surface area contributed by atoms with E-state index in [4.69, 9.17) is 6.57 Å². The Morgan fingerprint density at radius 2 is 2.23 bits per heavy atom. The van der Waals surface area contributed by atoms with Crippen LogP contribution < -0.4 is 0 Å². The molecule has 0 aromatic heterocycles. The molecule has 0 N–H and O–H groups in total. The summed E-state index contributed by atoms with van der Waals surface area (Å²) in [5.74, 6) is 0.534. The van der Waals surface area contributed by atoms with Crippen LogP contribution in [0, 0.1) is 19.4 Å². The second-order valence-electron chi connectivity index (χ2n) is 4.01. The second-order valence-corrected chi connectivity index (χ2v) is 4.01. The first-order chi connectivity index (χ1) is 6.19. The summed E-state index contributed by atoms with van der Waals surface area (Å²) in [4.78, 5) is 3.77. The summed E-state index contributed by atoms with van der Waals surface area (Å²) in [7, 11) is 0. The zero-order valence-corrected chi connectivity index (χ0v) is 8.04. The zero-order chi connectivity index (χ0) is 9.47. The van der Waals surface area contributed by atoms with E-state index in [9.17, 15) is 0 Å². The van der Waals surface area contributed by atoms with Crippen LogP contribution in [0.2, 0.25) is 0 Å². The van der Waals surface area contributed by atoms with Gasteiger partial charge >= 0.3 is 0 Å². The monoisotopic (exact) mass is 171 g/mol. The van der Waals surface area contributed by atoms with E-state index >= 15 is 0 Å². The summed E-state index contributed by atoms with van der Waals surface area (Å²) in [5.41, 5.74) is 2.28. The smallest absolute Gasteiger partial charge is 0.260 e. The summed E-state index contributed by atoms with van der Waals surface area (Å²) in [6.07, 6.45) is 1.03. The molecule has 0 amide bonds. The number of aryl methyl sites for hydroxylation is 1. The van der Waals surface area contributed by atoms with Crippen molar-refractivity contribution in [1.82, 2.24) is 0 Å². The van der Waals surface area contributed by atoms with Crippen LogP contribution in [-0.2, 0) is 5.54 Å². The molecular formula is C12H13N.